The second-order valence-electron chi connectivity index (χ2n) is 4.86. The van der Waals surface area contributed by atoms with Crippen molar-refractivity contribution in [3.05, 3.63) is 0 Å². The van der Waals surface area contributed by atoms with Gasteiger partial charge in [-0.25, -0.2) is 0 Å². The number of carbonyl (C=O) groups excluding carboxylic acids is 2. The molecule has 2 atom stereocenters. The van der Waals surface area contributed by atoms with E-state index in [0.717, 1.165) is 25.7 Å². The highest BCUT2D eigenvalue weighted by molar-refractivity contribution is 5.87. The molecule has 1 saturated carbocycles. The average Bonchev–Trinajstić information content (AvgIpc) is 2.44. The molecule has 0 saturated heterocycles. The van der Waals surface area contributed by atoms with Gasteiger partial charge in [0.05, 0.1) is 12.9 Å². The Morgan fingerprint density at radius 2 is 1.81 bits per heavy atom. The number of aliphatic imine (C=N–C) groups is 1. The van der Waals surface area contributed by atoms with E-state index in [-0.39, 0.29) is 31.0 Å². The van der Waals surface area contributed by atoms with Crippen molar-refractivity contribution in [1.82, 2.24) is 5.32 Å². The van der Waals surface area contributed by atoms with Gasteiger partial charge in [-0.3, -0.25) is 14.6 Å². The van der Waals surface area contributed by atoms with Crippen molar-refractivity contribution < 1.29 is 14.3 Å². The van der Waals surface area contributed by atoms with E-state index in [1.54, 1.807) is 21.1 Å². The number of ketones is 1. The molecule has 21 heavy (non-hydrogen) atoms. The van der Waals surface area contributed by atoms with E-state index in [2.05, 4.69) is 15.0 Å². The van der Waals surface area contributed by atoms with Crippen LogP contribution in [-0.4, -0.2) is 45.3 Å². The van der Waals surface area contributed by atoms with Gasteiger partial charge in [-0.15, -0.1) is 0 Å². The van der Waals surface area contributed by atoms with Crippen LogP contribution in [0.15, 0.2) is 4.99 Å². The zero-order valence-electron chi connectivity index (χ0n) is 12.7. The molecule has 1 amide bonds. The number of nitrogens with two attached hydrogens (primary N) is 1. The highest BCUT2D eigenvalue weighted by Crippen LogP contribution is 2.30. The first kappa shape index (κ1) is 21.9. The number of hydrogen-bond donors (Lipinski definition) is 2. The van der Waals surface area contributed by atoms with Crippen LogP contribution >= 0.6 is 0 Å². The van der Waals surface area contributed by atoms with Gasteiger partial charge in [0.2, 0.25) is 5.91 Å². The van der Waals surface area contributed by atoms with Crippen LogP contribution in [0.1, 0.15) is 40.0 Å². The Morgan fingerprint density at radius 3 is 2.29 bits per heavy atom. The molecule has 124 valence electrons. The van der Waals surface area contributed by atoms with Crippen molar-refractivity contribution in [2.24, 2.45) is 22.6 Å². The quantitative estimate of drug-likeness (QED) is 0.456. The Labute approximate surface area is 128 Å². The summed E-state index contributed by atoms with van der Waals surface area (Å²) in [6.07, 6.45) is 4.96. The fraction of sp³-hybridized carbons (Fsp3) is 0.800. The first-order valence-corrected chi connectivity index (χ1v) is 6.96. The maximum atomic E-state index is 11.9. The summed E-state index contributed by atoms with van der Waals surface area (Å²) >= 11 is 0. The van der Waals surface area contributed by atoms with E-state index < -0.39 is 0 Å². The molecular weight excluding hydrogens is 270 g/mol. The van der Waals surface area contributed by atoms with Crippen molar-refractivity contribution in [3.8, 4) is 0 Å². The predicted octanol–water partition coefficient (Wildman–Crippen LogP) is 1.38. The van der Waals surface area contributed by atoms with Gasteiger partial charge in [0.1, 0.15) is 5.78 Å². The fourth-order valence-corrected chi connectivity index (χ4v) is 2.38. The lowest BCUT2D eigenvalue weighted by molar-refractivity contribution is -0.134. The van der Waals surface area contributed by atoms with Gasteiger partial charge in [-0.2, -0.15) is 0 Å². The Bertz CT molecular complexity index is 319. The second kappa shape index (κ2) is 13.5. The molecule has 0 aliphatic heterocycles. The molecular formula is C15H31N3O3. The van der Waals surface area contributed by atoms with Gasteiger partial charge >= 0.3 is 0 Å². The minimum absolute atomic E-state index is 0. The van der Waals surface area contributed by atoms with E-state index in [1.807, 2.05) is 0 Å². The van der Waals surface area contributed by atoms with Gasteiger partial charge < -0.3 is 15.8 Å². The van der Waals surface area contributed by atoms with Crippen molar-refractivity contribution >= 4 is 18.0 Å². The summed E-state index contributed by atoms with van der Waals surface area (Å²) in [5.74, 6) is -0.133. The topological polar surface area (TPSA) is 93.8 Å². The Kier molecular flexibility index (Phi) is 14.1. The lowest BCUT2D eigenvalue weighted by atomic mass is 9.77. The number of hydrogen-bond acceptors (Lipinski definition) is 4. The number of methoxy groups -OCH3 is 1. The summed E-state index contributed by atoms with van der Waals surface area (Å²) in [7, 11) is 3.25. The standard InChI is InChI=1S/C12H21N3O2.C2H6O.CH4/c1-9(16)10-4-2-3-5-11(10)12(17)15-7-6-14-8-13;1-3-2;/h8,10-11H,2-7H2,1H3,(H2,13,14)(H,15,17);1-2H3;1H4/t10-,11-;;/m0../s1. The fourth-order valence-electron chi connectivity index (χ4n) is 2.38. The van der Waals surface area contributed by atoms with Crippen molar-refractivity contribution in [3.63, 3.8) is 0 Å². The van der Waals surface area contributed by atoms with E-state index in [1.165, 1.54) is 6.34 Å². The van der Waals surface area contributed by atoms with Crippen molar-refractivity contribution in [2.75, 3.05) is 27.3 Å². The third-order valence-electron chi connectivity index (χ3n) is 3.27. The van der Waals surface area contributed by atoms with Crippen molar-refractivity contribution in [2.45, 2.75) is 40.0 Å². The lowest BCUT2D eigenvalue weighted by Gasteiger charge is -2.28. The summed E-state index contributed by atoms with van der Waals surface area (Å²) in [6.45, 7) is 2.54. The lowest BCUT2D eigenvalue weighted by Crippen LogP contribution is -2.40. The van der Waals surface area contributed by atoms with Gasteiger partial charge in [0, 0.05) is 32.6 Å². The zero-order chi connectivity index (χ0) is 15.4. The summed E-state index contributed by atoms with van der Waals surface area (Å²) in [5.41, 5.74) is 5.10. The largest absolute Gasteiger partial charge is 0.390 e. The van der Waals surface area contributed by atoms with E-state index in [0.29, 0.717) is 13.1 Å². The van der Waals surface area contributed by atoms with Crippen LogP contribution in [0.2, 0.25) is 0 Å². The first-order chi connectivity index (χ1) is 9.58. The summed E-state index contributed by atoms with van der Waals surface area (Å²) < 4.78 is 4.25. The van der Waals surface area contributed by atoms with Gasteiger partial charge in [0.15, 0.2) is 0 Å². The van der Waals surface area contributed by atoms with E-state index in [4.69, 9.17) is 5.73 Å². The van der Waals surface area contributed by atoms with Crippen LogP contribution in [-0.2, 0) is 14.3 Å². The molecule has 0 aromatic rings. The number of amides is 1. The minimum atomic E-state index is -0.150. The van der Waals surface area contributed by atoms with Crippen LogP contribution < -0.4 is 11.1 Å². The molecule has 0 unspecified atom stereocenters. The van der Waals surface area contributed by atoms with Gasteiger partial charge in [-0.1, -0.05) is 20.3 Å². The third kappa shape index (κ3) is 9.18. The first-order valence-electron chi connectivity index (χ1n) is 6.96. The Hall–Kier alpha value is -1.43. The highest BCUT2D eigenvalue weighted by Gasteiger charge is 2.33. The molecule has 6 heteroatoms. The summed E-state index contributed by atoms with van der Waals surface area (Å²) in [5, 5.41) is 2.81. The van der Waals surface area contributed by atoms with Crippen LogP contribution in [0.5, 0.6) is 0 Å². The SMILES string of the molecule is C.CC(=O)[C@@H]1CCCC[C@@H]1C(=O)NCCN=CN.COC. The van der Waals surface area contributed by atoms with Gasteiger partial charge in [-0.05, 0) is 19.8 Å². The van der Waals surface area contributed by atoms with E-state index >= 15 is 0 Å². The van der Waals surface area contributed by atoms with E-state index in [9.17, 15) is 9.59 Å². The zero-order valence-corrected chi connectivity index (χ0v) is 12.7. The average molecular weight is 301 g/mol. The van der Waals surface area contributed by atoms with Crippen LogP contribution in [0.4, 0.5) is 0 Å². The molecule has 0 aromatic heterocycles. The number of Topliss-reactive ketones (excluding diaryl/α,β-unsaturated/α-hetero) is 1. The summed E-state index contributed by atoms with van der Waals surface area (Å²) in [6, 6.07) is 0. The molecule has 0 radical (unpaired) electrons. The van der Waals surface area contributed by atoms with Crippen molar-refractivity contribution in [1.29, 1.82) is 0 Å². The van der Waals surface area contributed by atoms with Gasteiger partial charge in [0.25, 0.3) is 0 Å². The van der Waals surface area contributed by atoms with Crippen LogP contribution in [0.3, 0.4) is 0 Å². The normalized spacial score (nSPS) is 20.9. The molecule has 0 bridgehead atoms. The maximum absolute atomic E-state index is 11.9. The molecule has 0 spiro atoms. The number of nitrogens with one attached hydrogen (secondary N) is 1. The molecule has 0 heterocycles. The molecule has 1 fully saturated rings. The third-order valence-corrected chi connectivity index (χ3v) is 3.27. The Balaban J connectivity index is 0. The monoisotopic (exact) mass is 301 g/mol. The Morgan fingerprint density at radius 1 is 1.29 bits per heavy atom. The number of ether oxygens (including phenoxy) is 1. The number of nitrogens with zero attached hydrogens (tertiary/aromatic N) is 1. The van der Waals surface area contributed by atoms with Crippen LogP contribution in [0, 0.1) is 11.8 Å². The minimum Gasteiger partial charge on any atom is -0.390 e. The number of carbonyl (C=O) groups is 2. The maximum Gasteiger partial charge on any atom is 0.223 e. The molecule has 0 aromatic carbocycles. The molecule has 1 rings (SSSR count). The second-order valence-corrected chi connectivity index (χ2v) is 4.86. The highest BCUT2D eigenvalue weighted by atomic mass is 16.4. The summed E-state index contributed by atoms with van der Waals surface area (Å²) in [4.78, 5) is 27.2. The molecule has 3 N–H and O–H groups in total. The molecule has 1 aliphatic carbocycles. The smallest absolute Gasteiger partial charge is 0.223 e. The predicted molar refractivity (Wildman–Crippen MR) is 86.3 cm³/mol. The molecule has 6 nitrogen and oxygen atoms in total. The van der Waals surface area contributed by atoms with Crippen LogP contribution in [0.25, 0.3) is 0 Å². The number of rotatable bonds is 5. The molecule has 1 aliphatic rings.